The molecule has 1 aromatic rings. The molecule has 0 aromatic heterocycles. The summed E-state index contributed by atoms with van der Waals surface area (Å²) in [6, 6.07) is 4.23. The molecular weight excluding hydrogens is 219 g/mol. The predicted octanol–water partition coefficient (Wildman–Crippen LogP) is 2.23. The lowest BCUT2D eigenvalue weighted by Gasteiger charge is -2.15. The average molecular weight is 236 g/mol. The first kappa shape index (κ1) is 12.0. The van der Waals surface area contributed by atoms with Crippen LogP contribution in [0.15, 0.2) is 18.2 Å². The van der Waals surface area contributed by atoms with Crippen LogP contribution in [0.25, 0.3) is 0 Å². The Bertz CT molecular complexity index is 433. The number of amides is 1. The van der Waals surface area contributed by atoms with Gasteiger partial charge in [-0.2, -0.15) is 0 Å². The molecule has 4 heteroatoms. The highest BCUT2D eigenvalue weighted by molar-refractivity contribution is 6.04. The molecule has 1 amide bonds. The Labute approximate surface area is 101 Å². The standard InChI is InChI=1S/C13H17FN2O/c1-3-7-15-12-10-6-5-9(14)8-11(10)16(4-2)13(12)17/h5-6,8,12,15H,3-4,7H2,1-2H3. The molecule has 0 aliphatic carbocycles. The predicted molar refractivity (Wildman–Crippen MR) is 65.5 cm³/mol. The molecule has 0 fully saturated rings. The number of halogens is 1. The second-order valence-electron chi connectivity index (χ2n) is 4.17. The number of likely N-dealkylation sites (N-methyl/N-ethyl adjacent to an activating group) is 1. The Morgan fingerprint density at radius 2 is 2.18 bits per heavy atom. The summed E-state index contributed by atoms with van der Waals surface area (Å²) in [4.78, 5) is 13.8. The van der Waals surface area contributed by atoms with Crippen LogP contribution in [0.1, 0.15) is 31.9 Å². The van der Waals surface area contributed by atoms with Crippen LogP contribution in [0.4, 0.5) is 10.1 Å². The fourth-order valence-corrected chi connectivity index (χ4v) is 2.21. The van der Waals surface area contributed by atoms with Crippen molar-refractivity contribution in [3.63, 3.8) is 0 Å². The molecule has 17 heavy (non-hydrogen) atoms. The molecule has 0 bridgehead atoms. The summed E-state index contributed by atoms with van der Waals surface area (Å²) in [5.41, 5.74) is 1.58. The minimum atomic E-state index is -0.314. The molecule has 1 atom stereocenters. The number of carbonyl (C=O) groups excluding carboxylic acids is 1. The van der Waals surface area contributed by atoms with Crippen LogP contribution >= 0.6 is 0 Å². The van der Waals surface area contributed by atoms with Crippen molar-refractivity contribution in [3.05, 3.63) is 29.6 Å². The molecule has 0 spiro atoms. The van der Waals surface area contributed by atoms with Crippen LogP contribution in [0, 0.1) is 5.82 Å². The molecule has 0 saturated carbocycles. The van der Waals surface area contributed by atoms with E-state index in [0.717, 1.165) is 18.5 Å². The Kier molecular flexibility index (Phi) is 3.43. The van der Waals surface area contributed by atoms with E-state index in [1.165, 1.54) is 12.1 Å². The minimum absolute atomic E-state index is 0.0153. The van der Waals surface area contributed by atoms with Gasteiger partial charge < -0.3 is 10.2 Å². The number of fused-ring (bicyclic) bond motifs is 1. The van der Waals surface area contributed by atoms with E-state index in [2.05, 4.69) is 12.2 Å². The zero-order valence-electron chi connectivity index (χ0n) is 10.2. The van der Waals surface area contributed by atoms with Crippen LogP contribution in [-0.2, 0) is 4.79 Å². The van der Waals surface area contributed by atoms with E-state index in [9.17, 15) is 9.18 Å². The van der Waals surface area contributed by atoms with Gasteiger partial charge >= 0.3 is 0 Å². The van der Waals surface area contributed by atoms with Gasteiger partial charge in [0.15, 0.2) is 0 Å². The van der Waals surface area contributed by atoms with Crippen LogP contribution in [0.2, 0.25) is 0 Å². The lowest BCUT2D eigenvalue weighted by atomic mass is 10.1. The smallest absolute Gasteiger partial charge is 0.248 e. The summed E-state index contributed by atoms with van der Waals surface area (Å²) < 4.78 is 13.2. The highest BCUT2D eigenvalue weighted by Gasteiger charge is 2.35. The van der Waals surface area contributed by atoms with Gasteiger partial charge in [0.2, 0.25) is 5.91 Å². The van der Waals surface area contributed by atoms with Gasteiger partial charge in [0.05, 0.1) is 5.69 Å². The van der Waals surface area contributed by atoms with Gasteiger partial charge in [-0.25, -0.2) is 4.39 Å². The maximum absolute atomic E-state index is 13.2. The van der Waals surface area contributed by atoms with Gasteiger partial charge in [-0.3, -0.25) is 4.79 Å². The monoisotopic (exact) mass is 236 g/mol. The summed E-state index contributed by atoms with van der Waals surface area (Å²) in [7, 11) is 0. The fraction of sp³-hybridized carbons (Fsp3) is 0.462. The zero-order chi connectivity index (χ0) is 12.4. The van der Waals surface area contributed by atoms with E-state index >= 15 is 0 Å². The molecule has 1 aliphatic heterocycles. The molecule has 0 radical (unpaired) electrons. The Morgan fingerprint density at radius 1 is 1.41 bits per heavy atom. The first-order valence-electron chi connectivity index (χ1n) is 6.03. The largest absolute Gasteiger partial charge is 0.311 e. The van der Waals surface area contributed by atoms with Crippen molar-refractivity contribution >= 4 is 11.6 Å². The second-order valence-corrected chi connectivity index (χ2v) is 4.17. The molecule has 2 rings (SSSR count). The number of anilines is 1. The summed E-state index contributed by atoms with van der Waals surface area (Å²) >= 11 is 0. The summed E-state index contributed by atoms with van der Waals surface area (Å²) in [6.07, 6.45) is 0.965. The van der Waals surface area contributed by atoms with Gasteiger partial charge in [-0.05, 0) is 32.0 Å². The molecule has 1 N–H and O–H groups in total. The summed E-state index contributed by atoms with van der Waals surface area (Å²) in [5, 5.41) is 3.21. The maximum atomic E-state index is 13.2. The first-order chi connectivity index (χ1) is 8.19. The third-order valence-electron chi connectivity index (χ3n) is 3.02. The van der Waals surface area contributed by atoms with E-state index in [1.54, 1.807) is 11.0 Å². The number of hydrogen-bond acceptors (Lipinski definition) is 2. The van der Waals surface area contributed by atoms with Gasteiger partial charge in [-0.15, -0.1) is 0 Å². The number of rotatable bonds is 4. The van der Waals surface area contributed by atoms with Crippen LogP contribution in [-0.4, -0.2) is 19.0 Å². The van der Waals surface area contributed by atoms with Crippen molar-refractivity contribution in [3.8, 4) is 0 Å². The first-order valence-corrected chi connectivity index (χ1v) is 6.03. The van der Waals surface area contributed by atoms with Crippen molar-refractivity contribution < 1.29 is 9.18 Å². The van der Waals surface area contributed by atoms with E-state index in [4.69, 9.17) is 0 Å². The number of nitrogens with zero attached hydrogens (tertiary/aromatic N) is 1. The normalized spacial score (nSPS) is 18.6. The minimum Gasteiger partial charge on any atom is -0.311 e. The van der Waals surface area contributed by atoms with Crippen molar-refractivity contribution in [2.75, 3.05) is 18.0 Å². The lowest BCUT2D eigenvalue weighted by molar-refractivity contribution is -0.119. The lowest BCUT2D eigenvalue weighted by Crippen LogP contribution is -2.34. The van der Waals surface area contributed by atoms with Crippen LogP contribution < -0.4 is 10.2 Å². The van der Waals surface area contributed by atoms with E-state index in [1.807, 2.05) is 6.92 Å². The molecule has 1 unspecified atom stereocenters. The van der Waals surface area contributed by atoms with Crippen molar-refractivity contribution in [1.29, 1.82) is 0 Å². The Balaban J connectivity index is 2.36. The molecule has 1 aromatic carbocycles. The molecule has 92 valence electrons. The summed E-state index contributed by atoms with van der Waals surface area (Å²) in [5.74, 6) is -0.285. The van der Waals surface area contributed by atoms with Crippen LogP contribution in [0.5, 0.6) is 0 Å². The molecule has 3 nitrogen and oxygen atoms in total. The van der Waals surface area contributed by atoms with E-state index in [-0.39, 0.29) is 17.8 Å². The SMILES string of the molecule is CCCNC1C(=O)N(CC)c2cc(F)ccc21. The number of hydrogen-bond donors (Lipinski definition) is 1. The third-order valence-corrected chi connectivity index (χ3v) is 3.02. The topological polar surface area (TPSA) is 32.3 Å². The van der Waals surface area contributed by atoms with Crippen molar-refractivity contribution in [2.24, 2.45) is 0 Å². The second kappa shape index (κ2) is 4.84. The average Bonchev–Trinajstić information content (AvgIpc) is 2.57. The molecule has 0 saturated heterocycles. The number of nitrogens with one attached hydrogen (secondary N) is 1. The number of carbonyl (C=O) groups is 1. The Morgan fingerprint density at radius 3 is 2.82 bits per heavy atom. The highest BCUT2D eigenvalue weighted by atomic mass is 19.1. The Hall–Kier alpha value is -1.42. The summed E-state index contributed by atoms with van der Waals surface area (Å²) in [6.45, 7) is 5.30. The maximum Gasteiger partial charge on any atom is 0.248 e. The zero-order valence-corrected chi connectivity index (χ0v) is 10.2. The van der Waals surface area contributed by atoms with Crippen molar-refractivity contribution in [1.82, 2.24) is 5.32 Å². The van der Waals surface area contributed by atoms with Gasteiger partial charge in [0, 0.05) is 12.1 Å². The highest BCUT2D eigenvalue weighted by Crippen LogP contribution is 2.35. The number of benzene rings is 1. The third kappa shape index (κ3) is 2.05. The molecular formula is C13H17FN2O. The van der Waals surface area contributed by atoms with E-state index < -0.39 is 0 Å². The molecule has 1 heterocycles. The molecule has 1 aliphatic rings. The fourth-order valence-electron chi connectivity index (χ4n) is 2.21. The van der Waals surface area contributed by atoms with Gasteiger partial charge in [0.1, 0.15) is 11.9 Å². The van der Waals surface area contributed by atoms with Gasteiger partial charge in [0.25, 0.3) is 0 Å². The van der Waals surface area contributed by atoms with Crippen molar-refractivity contribution in [2.45, 2.75) is 26.3 Å². The van der Waals surface area contributed by atoms with E-state index in [0.29, 0.717) is 12.2 Å². The van der Waals surface area contributed by atoms with Crippen LogP contribution in [0.3, 0.4) is 0 Å². The quantitative estimate of drug-likeness (QED) is 0.869. The van der Waals surface area contributed by atoms with Gasteiger partial charge in [-0.1, -0.05) is 13.0 Å².